The van der Waals surface area contributed by atoms with Crippen LogP contribution in [0.4, 0.5) is 11.4 Å². The fourth-order valence-corrected chi connectivity index (χ4v) is 6.04. The summed E-state index contributed by atoms with van der Waals surface area (Å²) >= 11 is 0. The highest BCUT2D eigenvalue weighted by Crippen LogP contribution is 2.40. The molecular weight excluding hydrogens is 452 g/mol. The largest absolute Gasteiger partial charge is 0.342 e. The van der Waals surface area contributed by atoms with Gasteiger partial charge in [0.05, 0.1) is 6.67 Å². The summed E-state index contributed by atoms with van der Waals surface area (Å²) in [5.74, 6) is 0.173. The number of hydrogen-bond acceptors (Lipinski definition) is 4. The van der Waals surface area contributed by atoms with E-state index in [1.807, 2.05) is 66.4 Å². The average molecular weight is 489 g/mol. The lowest BCUT2D eigenvalue weighted by Crippen LogP contribution is -2.58. The third kappa shape index (κ3) is 4.84. The van der Waals surface area contributed by atoms with Gasteiger partial charge in [0.2, 0.25) is 11.8 Å². The molecule has 0 aromatic heterocycles. The van der Waals surface area contributed by atoms with E-state index in [1.165, 1.54) is 6.42 Å². The molecule has 3 amide bonds. The van der Waals surface area contributed by atoms with E-state index in [2.05, 4.69) is 10.2 Å². The molecule has 2 heterocycles. The number of benzene rings is 2. The van der Waals surface area contributed by atoms with Crippen LogP contribution in [0.5, 0.6) is 0 Å². The maximum atomic E-state index is 13.9. The van der Waals surface area contributed by atoms with Gasteiger partial charge in [-0.3, -0.25) is 14.4 Å². The van der Waals surface area contributed by atoms with Crippen molar-refractivity contribution in [3.63, 3.8) is 0 Å². The molecule has 3 aliphatic rings. The molecule has 2 aromatic rings. The molecule has 3 fully saturated rings. The highest BCUT2D eigenvalue weighted by atomic mass is 16.2. The molecule has 36 heavy (non-hydrogen) atoms. The number of para-hydroxylation sites is 1. The maximum absolute atomic E-state index is 13.9. The Bertz CT molecular complexity index is 1090. The lowest BCUT2D eigenvalue weighted by molar-refractivity contribution is -0.142. The van der Waals surface area contributed by atoms with Gasteiger partial charge in [0, 0.05) is 30.4 Å². The summed E-state index contributed by atoms with van der Waals surface area (Å²) in [5.41, 5.74) is 2.09. The van der Waals surface area contributed by atoms with Crippen LogP contribution < -0.4 is 10.2 Å². The van der Waals surface area contributed by atoms with Gasteiger partial charge in [-0.05, 0) is 56.9 Å². The van der Waals surface area contributed by atoms with Crippen molar-refractivity contribution in [2.24, 2.45) is 5.92 Å². The Morgan fingerprint density at radius 3 is 2.28 bits per heavy atom. The second kappa shape index (κ2) is 10.3. The summed E-state index contributed by atoms with van der Waals surface area (Å²) in [6, 6.07) is 17.6. The Morgan fingerprint density at radius 2 is 1.61 bits per heavy atom. The van der Waals surface area contributed by atoms with Crippen molar-refractivity contribution < 1.29 is 14.4 Å². The summed E-state index contributed by atoms with van der Waals surface area (Å²) in [5, 5.41) is 2.92. The highest BCUT2D eigenvalue weighted by molar-refractivity contribution is 5.99. The van der Waals surface area contributed by atoms with E-state index in [-0.39, 0.29) is 30.2 Å². The Morgan fingerprint density at radius 1 is 0.944 bits per heavy atom. The quantitative estimate of drug-likeness (QED) is 0.685. The monoisotopic (exact) mass is 488 g/mol. The first-order valence-electron chi connectivity index (χ1n) is 13.2. The van der Waals surface area contributed by atoms with Crippen molar-refractivity contribution in [1.29, 1.82) is 0 Å². The molecule has 2 aromatic carbocycles. The Kier molecular flexibility index (Phi) is 6.99. The molecule has 0 atom stereocenters. The second-order valence-electron chi connectivity index (χ2n) is 10.5. The number of aryl methyl sites for hydroxylation is 1. The van der Waals surface area contributed by atoms with Gasteiger partial charge < -0.3 is 20.0 Å². The van der Waals surface area contributed by atoms with E-state index in [0.29, 0.717) is 32.6 Å². The minimum Gasteiger partial charge on any atom is -0.342 e. The van der Waals surface area contributed by atoms with Crippen LogP contribution >= 0.6 is 0 Å². The Hall–Kier alpha value is -3.35. The molecule has 1 spiro atoms. The molecule has 0 radical (unpaired) electrons. The SMILES string of the molecule is Cc1ccc(NC(=O)CN2CN(c3ccccc3)C3(CCN(C(=O)C4CCCCC4)CC3)C2=O)cc1. The molecular formula is C29H36N4O3. The average Bonchev–Trinajstić information content (AvgIpc) is 3.17. The molecule has 1 N–H and O–H groups in total. The first-order valence-corrected chi connectivity index (χ1v) is 13.2. The number of likely N-dealkylation sites (tertiary alicyclic amines) is 1. The van der Waals surface area contributed by atoms with Crippen LogP contribution in [0.1, 0.15) is 50.5 Å². The number of hydrogen-bond donors (Lipinski definition) is 1. The van der Waals surface area contributed by atoms with Gasteiger partial charge in [-0.15, -0.1) is 0 Å². The summed E-state index contributed by atoms with van der Waals surface area (Å²) in [4.78, 5) is 45.7. The molecule has 190 valence electrons. The van der Waals surface area contributed by atoms with Crippen LogP contribution in [0, 0.1) is 12.8 Å². The van der Waals surface area contributed by atoms with Crippen molar-refractivity contribution >= 4 is 29.1 Å². The molecule has 2 aliphatic heterocycles. The Balaban J connectivity index is 1.31. The van der Waals surface area contributed by atoms with E-state index >= 15 is 0 Å². The van der Waals surface area contributed by atoms with E-state index in [4.69, 9.17) is 0 Å². The zero-order valence-corrected chi connectivity index (χ0v) is 21.1. The van der Waals surface area contributed by atoms with Gasteiger partial charge in [-0.1, -0.05) is 55.2 Å². The summed E-state index contributed by atoms with van der Waals surface area (Å²) in [6.07, 6.45) is 6.62. The number of nitrogens with one attached hydrogen (secondary N) is 1. The van der Waals surface area contributed by atoms with Crippen molar-refractivity contribution in [2.45, 2.75) is 57.4 Å². The third-order valence-corrected chi connectivity index (χ3v) is 8.11. The van der Waals surface area contributed by atoms with Crippen molar-refractivity contribution in [1.82, 2.24) is 9.80 Å². The first kappa shape index (κ1) is 24.3. The van der Waals surface area contributed by atoms with Crippen LogP contribution in [-0.2, 0) is 14.4 Å². The van der Waals surface area contributed by atoms with Crippen molar-refractivity contribution in [3.05, 3.63) is 60.2 Å². The van der Waals surface area contributed by atoms with Gasteiger partial charge >= 0.3 is 0 Å². The number of carbonyl (C=O) groups excluding carboxylic acids is 3. The zero-order chi connectivity index (χ0) is 25.1. The number of rotatable bonds is 5. The van der Waals surface area contributed by atoms with E-state index < -0.39 is 5.54 Å². The predicted molar refractivity (Wildman–Crippen MR) is 140 cm³/mol. The maximum Gasteiger partial charge on any atom is 0.250 e. The molecule has 7 nitrogen and oxygen atoms in total. The standard InChI is InChI=1S/C29H36N4O3/c1-22-12-14-24(15-13-22)30-26(34)20-32-21-33(25-10-6-3-7-11-25)29(28(32)36)16-18-31(19-17-29)27(35)23-8-4-2-5-9-23/h3,6-7,10-15,23H,2,4-5,8-9,16-21H2,1H3,(H,30,34). The van der Waals surface area contributed by atoms with Crippen LogP contribution in [0.15, 0.2) is 54.6 Å². The van der Waals surface area contributed by atoms with Gasteiger partial charge in [0.1, 0.15) is 12.1 Å². The van der Waals surface area contributed by atoms with E-state index in [9.17, 15) is 14.4 Å². The van der Waals surface area contributed by atoms with Crippen LogP contribution in [0.25, 0.3) is 0 Å². The molecule has 5 rings (SSSR count). The van der Waals surface area contributed by atoms with Gasteiger partial charge in [-0.2, -0.15) is 0 Å². The Labute approximate surface area is 213 Å². The fraction of sp³-hybridized carbons (Fsp3) is 0.483. The summed E-state index contributed by atoms with van der Waals surface area (Å²) < 4.78 is 0. The number of carbonyl (C=O) groups is 3. The first-order chi connectivity index (χ1) is 17.5. The lowest BCUT2D eigenvalue weighted by Gasteiger charge is -2.44. The van der Waals surface area contributed by atoms with Gasteiger partial charge in [-0.25, -0.2) is 0 Å². The van der Waals surface area contributed by atoms with Crippen LogP contribution in [-0.4, -0.2) is 59.4 Å². The smallest absolute Gasteiger partial charge is 0.250 e. The number of nitrogens with zero attached hydrogens (tertiary/aromatic N) is 3. The van der Waals surface area contributed by atoms with Gasteiger partial charge in [0.15, 0.2) is 0 Å². The van der Waals surface area contributed by atoms with Crippen LogP contribution in [0.3, 0.4) is 0 Å². The highest BCUT2D eigenvalue weighted by Gasteiger charge is 2.54. The number of piperidine rings is 1. The molecule has 0 unspecified atom stereocenters. The molecule has 1 saturated carbocycles. The van der Waals surface area contributed by atoms with Gasteiger partial charge in [0.25, 0.3) is 5.91 Å². The predicted octanol–water partition coefficient (Wildman–Crippen LogP) is 4.18. The second-order valence-corrected chi connectivity index (χ2v) is 10.5. The fourth-order valence-electron chi connectivity index (χ4n) is 6.04. The van der Waals surface area contributed by atoms with Crippen molar-refractivity contribution in [3.8, 4) is 0 Å². The van der Waals surface area contributed by atoms with E-state index in [1.54, 1.807) is 4.90 Å². The summed E-state index contributed by atoms with van der Waals surface area (Å²) in [6.45, 7) is 3.52. The normalized spacial score (nSPS) is 20.1. The van der Waals surface area contributed by atoms with E-state index in [0.717, 1.165) is 42.6 Å². The molecule has 2 saturated heterocycles. The summed E-state index contributed by atoms with van der Waals surface area (Å²) in [7, 11) is 0. The third-order valence-electron chi connectivity index (χ3n) is 8.11. The van der Waals surface area contributed by atoms with Crippen molar-refractivity contribution in [2.75, 3.05) is 36.5 Å². The van der Waals surface area contributed by atoms with Crippen LogP contribution in [0.2, 0.25) is 0 Å². The topological polar surface area (TPSA) is 73.0 Å². The lowest BCUT2D eigenvalue weighted by atomic mass is 9.83. The number of amides is 3. The molecule has 0 bridgehead atoms. The molecule has 7 heteroatoms. The number of anilines is 2. The zero-order valence-electron chi connectivity index (χ0n) is 21.1. The minimum absolute atomic E-state index is 0.00249. The minimum atomic E-state index is -0.727. The molecule has 1 aliphatic carbocycles.